The molecule has 18 heavy (non-hydrogen) atoms. The average Bonchev–Trinajstić information content (AvgIpc) is 2.74. The highest BCUT2D eigenvalue weighted by molar-refractivity contribution is 6.35. The highest BCUT2D eigenvalue weighted by atomic mass is 35.5. The van der Waals surface area contributed by atoms with Gasteiger partial charge in [0, 0.05) is 22.0 Å². The molecule has 1 aliphatic heterocycles. The van der Waals surface area contributed by atoms with E-state index in [9.17, 15) is 9.59 Å². The van der Waals surface area contributed by atoms with Crippen LogP contribution in [0.2, 0.25) is 10.0 Å². The maximum absolute atomic E-state index is 11.6. The Morgan fingerprint density at radius 2 is 2.22 bits per heavy atom. The fourth-order valence-corrected chi connectivity index (χ4v) is 2.14. The molecule has 0 radical (unpaired) electrons. The fourth-order valence-electron chi connectivity index (χ4n) is 1.68. The van der Waals surface area contributed by atoms with Gasteiger partial charge >= 0.3 is 5.97 Å². The molecule has 0 saturated carbocycles. The van der Waals surface area contributed by atoms with Gasteiger partial charge in [-0.05, 0) is 18.6 Å². The molecule has 1 aliphatic rings. The van der Waals surface area contributed by atoms with Gasteiger partial charge in [0.2, 0.25) is 5.91 Å². The second-order valence-electron chi connectivity index (χ2n) is 4.00. The molecule has 4 nitrogen and oxygen atoms in total. The highest BCUT2D eigenvalue weighted by Crippen LogP contribution is 2.22. The zero-order chi connectivity index (χ0) is 13.1. The number of carbonyl (C=O) groups excluding carboxylic acids is 2. The van der Waals surface area contributed by atoms with Crippen molar-refractivity contribution < 1.29 is 14.3 Å². The van der Waals surface area contributed by atoms with Crippen LogP contribution in [-0.4, -0.2) is 17.9 Å². The number of esters is 1. The Kier molecular flexibility index (Phi) is 4.09. The second kappa shape index (κ2) is 5.59. The number of rotatable bonds is 3. The average molecular weight is 288 g/mol. The normalized spacial score (nSPS) is 18.6. The van der Waals surface area contributed by atoms with Gasteiger partial charge < -0.3 is 10.1 Å². The van der Waals surface area contributed by atoms with Crippen LogP contribution in [0.3, 0.4) is 0 Å². The molecule has 96 valence electrons. The molecule has 0 spiro atoms. The lowest BCUT2D eigenvalue weighted by atomic mass is 10.2. The van der Waals surface area contributed by atoms with Crippen LogP contribution in [-0.2, 0) is 20.9 Å². The number of ether oxygens (including phenoxy) is 1. The first-order valence-corrected chi connectivity index (χ1v) is 6.22. The van der Waals surface area contributed by atoms with Gasteiger partial charge in [0.05, 0.1) is 0 Å². The lowest BCUT2D eigenvalue weighted by Gasteiger charge is -2.11. The van der Waals surface area contributed by atoms with Crippen molar-refractivity contribution in [2.75, 3.05) is 0 Å². The molecule has 0 aromatic heterocycles. The topological polar surface area (TPSA) is 55.4 Å². The van der Waals surface area contributed by atoms with E-state index < -0.39 is 12.0 Å². The van der Waals surface area contributed by atoms with Gasteiger partial charge in [-0.3, -0.25) is 4.79 Å². The predicted octanol–water partition coefficient (Wildman–Crippen LogP) is 2.32. The molecule has 1 atom stereocenters. The molecular weight excluding hydrogens is 277 g/mol. The molecule has 1 unspecified atom stereocenters. The van der Waals surface area contributed by atoms with E-state index in [4.69, 9.17) is 27.9 Å². The van der Waals surface area contributed by atoms with Gasteiger partial charge in [-0.15, -0.1) is 0 Å². The maximum atomic E-state index is 11.6. The third kappa shape index (κ3) is 3.15. The summed E-state index contributed by atoms with van der Waals surface area (Å²) in [5.74, 6) is -0.562. The Bertz CT molecular complexity index is 490. The standard InChI is InChI=1S/C12H11Cl2NO3/c13-8-2-1-7(9(14)5-8)6-18-12(17)10-3-4-11(16)15-10/h1-2,5,10H,3-4,6H2,(H,15,16). The van der Waals surface area contributed by atoms with Crippen molar-refractivity contribution in [3.63, 3.8) is 0 Å². The first-order chi connectivity index (χ1) is 8.56. The molecule has 0 bridgehead atoms. The molecule has 1 heterocycles. The molecule has 1 saturated heterocycles. The molecule has 1 fully saturated rings. The summed E-state index contributed by atoms with van der Waals surface area (Å²) in [5.41, 5.74) is 0.679. The van der Waals surface area contributed by atoms with Crippen LogP contribution < -0.4 is 5.32 Å². The Balaban J connectivity index is 1.91. The molecule has 1 amide bonds. The lowest BCUT2D eigenvalue weighted by Crippen LogP contribution is -2.34. The van der Waals surface area contributed by atoms with Gasteiger partial charge in [-0.1, -0.05) is 29.3 Å². The van der Waals surface area contributed by atoms with Crippen LogP contribution in [0.25, 0.3) is 0 Å². The summed E-state index contributed by atoms with van der Waals surface area (Å²) in [6.07, 6.45) is 0.841. The van der Waals surface area contributed by atoms with E-state index in [0.717, 1.165) is 0 Å². The zero-order valence-electron chi connectivity index (χ0n) is 9.41. The Labute approximate surface area is 114 Å². The summed E-state index contributed by atoms with van der Waals surface area (Å²) in [7, 11) is 0. The number of nitrogens with one attached hydrogen (secondary N) is 1. The highest BCUT2D eigenvalue weighted by Gasteiger charge is 2.28. The molecule has 1 N–H and O–H groups in total. The van der Waals surface area contributed by atoms with Crippen LogP contribution in [0.5, 0.6) is 0 Å². The van der Waals surface area contributed by atoms with Crippen molar-refractivity contribution >= 4 is 35.1 Å². The monoisotopic (exact) mass is 287 g/mol. The van der Waals surface area contributed by atoms with E-state index in [1.807, 2.05) is 0 Å². The Hall–Kier alpha value is -1.26. The van der Waals surface area contributed by atoms with E-state index in [0.29, 0.717) is 28.5 Å². The summed E-state index contributed by atoms with van der Waals surface area (Å²) in [4.78, 5) is 22.6. The first kappa shape index (κ1) is 13.2. The third-order valence-electron chi connectivity index (χ3n) is 2.66. The number of amides is 1. The summed E-state index contributed by atoms with van der Waals surface area (Å²) in [5, 5.41) is 3.52. The van der Waals surface area contributed by atoms with E-state index in [1.54, 1.807) is 18.2 Å². The fraction of sp³-hybridized carbons (Fsp3) is 0.333. The van der Waals surface area contributed by atoms with Crippen LogP contribution in [0.4, 0.5) is 0 Å². The van der Waals surface area contributed by atoms with Crippen molar-refractivity contribution in [1.82, 2.24) is 5.32 Å². The minimum Gasteiger partial charge on any atom is -0.459 e. The molecule has 1 aromatic carbocycles. The van der Waals surface area contributed by atoms with Crippen molar-refractivity contribution in [2.45, 2.75) is 25.5 Å². The second-order valence-corrected chi connectivity index (χ2v) is 4.85. The lowest BCUT2D eigenvalue weighted by molar-refractivity contribution is -0.147. The number of halogens is 2. The third-order valence-corrected chi connectivity index (χ3v) is 3.25. The van der Waals surface area contributed by atoms with Crippen molar-refractivity contribution in [3.05, 3.63) is 33.8 Å². The van der Waals surface area contributed by atoms with Gasteiger partial charge in [-0.25, -0.2) is 4.79 Å². The number of hydrogen-bond donors (Lipinski definition) is 1. The first-order valence-electron chi connectivity index (χ1n) is 5.46. The van der Waals surface area contributed by atoms with Gasteiger partial charge in [0.25, 0.3) is 0 Å². The number of carbonyl (C=O) groups is 2. The summed E-state index contributed by atoms with van der Waals surface area (Å²) >= 11 is 11.7. The van der Waals surface area contributed by atoms with Crippen LogP contribution in [0.15, 0.2) is 18.2 Å². The molecular formula is C12H11Cl2NO3. The van der Waals surface area contributed by atoms with Crippen molar-refractivity contribution in [3.8, 4) is 0 Å². The number of benzene rings is 1. The van der Waals surface area contributed by atoms with Gasteiger partial charge in [0.15, 0.2) is 0 Å². The smallest absolute Gasteiger partial charge is 0.328 e. The van der Waals surface area contributed by atoms with E-state index in [-0.39, 0.29) is 12.5 Å². The van der Waals surface area contributed by atoms with Crippen LogP contribution in [0, 0.1) is 0 Å². The van der Waals surface area contributed by atoms with Gasteiger partial charge in [-0.2, -0.15) is 0 Å². The van der Waals surface area contributed by atoms with Crippen LogP contribution >= 0.6 is 23.2 Å². The van der Waals surface area contributed by atoms with E-state index >= 15 is 0 Å². The van der Waals surface area contributed by atoms with Crippen molar-refractivity contribution in [2.24, 2.45) is 0 Å². The molecule has 6 heteroatoms. The van der Waals surface area contributed by atoms with E-state index in [2.05, 4.69) is 5.32 Å². The summed E-state index contributed by atoms with van der Waals surface area (Å²) in [6.45, 7) is 0.0706. The molecule has 0 aliphatic carbocycles. The summed E-state index contributed by atoms with van der Waals surface area (Å²) < 4.78 is 5.10. The quantitative estimate of drug-likeness (QED) is 0.868. The zero-order valence-corrected chi connectivity index (χ0v) is 10.9. The Morgan fingerprint density at radius 1 is 1.44 bits per heavy atom. The Morgan fingerprint density at radius 3 is 2.83 bits per heavy atom. The predicted molar refractivity (Wildman–Crippen MR) is 67.4 cm³/mol. The van der Waals surface area contributed by atoms with Crippen LogP contribution in [0.1, 0.15) is 18.4 Å². The largest absolute Gasteiger partial charge is 0.459 e. The number of hydrogen-bond acceptors (Lipinski definition) is 3. The van der Waals surface area contributed by atoms with Crippen molar-refractivity contribution in [1.29, 1.82) is 0 Å². The van der Waals surface area contributed by atoms with E-state index in [1.165, 1.54) is 0 Å². The molecule has 2 rings (SSSR count). The SMILES string of the molecule is O=C1CCC(C(=O)OCc2ccc(Cl)cc2Cl)N1. The molecule has 1 aromatic rings. The minimum atomic E-state index is -0.538. The minimum absolute atomic E-state index is 0.0706. The van der Waals surface area contributed by atoms with Gasteiger partial charge in [0.1, 0.15) is 12.6 Å². The summed E-state index contributed by atoms with van der Waals surface area (Å²) in [6, 6.07) is 4.42. The maximum Gasteiger partial charge on any atom is 0.328 e.